The highest BCUT2D eigenvalue weighted by molar-refractivity contribution is 5.82. The Kier molecular flexibility index (Phi) is 2.32. The van der Waals surface area contributed by atoms with Gasteiger partial charge in [0.2, 0.25) is 0 Å². The van der Waals surface area contributed by atoms with Crippen molar-refractivity contribution in [3.8, 4) is 0 Å². The van der Waals surface area contributed by atoms with E-state index in [1.807, 2.05) is 6.20 Å². The number of nitrogens with one attached hydrogen (secondary N) is 1. The second kappa shape index (κ2) is 3.62. The Morgan fingerprint density at radius 2 is 2.15 bits per heavy atom. The first kappa shape index (κ1) is 8.32. The van der Waals surface area contributed by atoms with E-state index >= 15 is 0 Å². The van der Waals surface area contributed by atoms with Crippen LogP contribution in [0.1, 0.15) is 12.0 Å². The lowest BCUT2D eigenvalue weighted by Gasteiger charge is -2.00. The van der Waals surface area contributed by atoms with Crippen LogP contribution in [-0.4, -0.2) is 16.7 Å². The minimum atomic E-state index is 0.261. The number of aryl methyl sites for hydroxylation is 1. The second-order valence-electron chi connectivity index (χ2n) is 3.19. The van der Waals surface area contributed by atoms with Gasteiger partial charge in [-0.05, 0) is 29.9 Å². The maximum Gasteiger partial charge on any atom is 0.0486 e. The maximum absolute atomic E-state index is 8.74. The molecule has 2 N–H and O–H groups in total. The number of aliphatic hydroxyl groups is 1. The van der Waals surface area contributed by atoms with Gasteiger partial charge >= 0.3 is 0 Å². The molecule has 1 aromatic carbocycles. The number of hydrogen-bond acceptors (Lipinski definition) is 1. The van der Waals surface area contributed by atoms with Gasteiger partial charge in [-0.15, -0.1) is 0 Å². The molecule has 0 radical (unpaired) electrons. The summed E-state index contributed by atoms with van der Waals surface area (Å²) in [6, 6.07) is 8.32. The average molecular weight is 175 g/mol. The molecule has 1 aromatic heterocycles. The van der Waals surface area contributed by atoms with Crippen LogP contribution in [0.5, 0.6) is 0 Å². The molecular weight excluding hydrogens is 162 g/mol. The van der Waals surface area contributed by atoms with E-state index in [1.165, 1.54) is 16.5 Å². The first-order valence-corrected chi connectivity index (χ1v) is 4.57. The number of aromatic amines is 1. The molecule has 0 amide bonds. The molecule has 2 aromatic rings. The molecule has 0 unspecified atom stereocenters. The normalized spacial score (nSPS) is 10.8. The fourth-order valence-corrected chi connectivity index (χ4v) is 1.63. The molecule has 2 nitrogen and oxygen atoms in total. The highest BCUT2D eigenvalue weighted by Gasteiger charge is 2.00. The van der Waals surface area contributed by atoms with E-state index < -0.39 is 0 Å². The molecule has 0 bridgehead atoms. The number of para-hydroxylation sites is 1. The summed E-state index contributed by atoms with van der Waals surface area (Å²) >= 11 is 0. The fourth-order valence-electron chi connectivity index (χ4n) is 1.63. The number of H-pyrrole nitrogens is 1. The van der Waals surface area contributed by atoms with E-state index in [0.717, 1.165) is 12.8 Å². The van der Waals surface area contributed by atoms with Gasteiger partial charge in [0.05, 0.1) is 0 Å². The average Bonchev–Trinajstić information content (AvgIpc) is 2.62. The first-order valence-electron chi connectivity index (χ1n) is 4.57. The van der Waals surface area contributed by atoms with Crippen LogP contribution in [0, 0.1) is 0 Å². The van der Waals surface area contributed by atoms with Crippen LogP contribution in [0.25, 0.3) is 10.9 Å². The lowest BCUT2D eigenvalue weighted by molar-refractivity contribution is 0.289. The lowest BCUT2D eigenvalue weighted by Crippen LogP contribution is -1.90. The Hall–Kier alpha value is -1.28. The molecule has 68 valence electrons. The fraction of sp³-hybridized carbons (Fsp3) is 0.273. The Bertz CT molecular complexity index is 392. The van der Waals surface area contributed by atoms with Crippen molar-refractivity contribution >= 4 is 10.9 Å². The van der Waals surface area contributed by atoms with Crippen molar-refractivity contribution in [3.63, 3.8) is 0 Å². The summed E-state index contributed by atoms with van der Waals surface area (Å²) in [5.74, 6) is 0. The van der Waals surface area contributed by atoms with Crippen molar-refractivity contribution in [2.45, 2.75) is 12.8 Å². The van der Waals surface area contributed by atoms with Gasteiger partial charge in [-0.3, -0.25) is 0 Å². The van der Waals surface area contributed by atoms with Crippen LogP contribution in [-0.2, 0) is 6.42 Å². The van der Waals surface area contributed by atoms with Crippen molar-refractivity contribution in [3.05, 3.63) is 36.0 Å². The highest BCUT2D eigenvalue weighted by atomic mass is 16.2. The molecule has 0 aliphatic carbocycles. The summed E-state index contributed by atoms with van der Waals surface area (Å²) in [6.45, 7) is 0.261. The van der Waals surface area contributed by atoms with E-state index in [-0.39, 0.29) is 6.61 Å². The monoisotopic (exact) mass is 175 g/mol. The summed E-state index contributed by atoms with van der Waals surface area (Å²) in [5, 5.41) is 9.99. The van der Waals surface area contributed by atoms with Gasteiger partial charge in [0, 0.05) is 18.3 Å². The second-order valence-corrected chi connectivity index (χ2v) is 3.19. The van der Waals surface area contributed by atoms with Gasteiger partial charge in [0.25, 0.3) is 0 Å². The third-order valence-electron chi connectivity index (χ3n) is 2.28. The topological polar surface area (TPSA) is 36.0 Å². The molecule has 13 heavy (non-hydrogen) atoms. The lowest BCUT2D eigenvalue weighted by atomic mass is 10.1. The standard InChI is InChI=1S/C11H13NO/c13-8-2-5-9-3-1-4-10-6-7-12-11(9)10/h1,3-4,6-7,12-13H,2,5,8H2. The van der Waals surface area contributed by atoms with Crippen molar-refractivity contribution in [1.29, 1.82) is 0 Å². The Balaban J connectivity index is 2.37. The number of aliphatic hydroxyl groups excluding tert-OH is 1. The van der Waals surface area contributed by atoms with Crippen molar-refractivity contribution in [1.82, 2.24) is 4.98 Å². The molecule has 2 heteroatoms. The molecule has 0 atom stereocenters. The number of aromatic nitrogens is 1. The van der Waals surface area contributed by atoms with Gasteiger partial charge in [0.1, 0.15) is 0 Å². The smallest absolute Gasteiger partial charge is 0.0486 e. The van der Waals surface area contributed by atoms with E-state index in [1.54, 1.807) is 0 Å². The summed E-state index contributed by atoms with van der Waals surface area (Å²) in [4.78, 5) is 3.22. The van der Waals surface area contributed by atoms with Crippen molar-refractivity contribution in [2.75, 3.05) is 6.61 Å². The highest BCUT2D eigenvalue weighted by Crippen LogP contribution is 2.17. The van der Waals surface area contributed by atoms with Crippen molar-refractivity contribution in [2.24, 2.45) is 0 Å². The van der Waals surface area contributed by atoms with Crippen LogP contribution in [0.2, 0.25) is 0 Å². The first-order chi connectivity index (χ1) is 6.42. The molecule has 0 fully saturated rings. The van der Waals surface area contributed by atoms with Crippen LogP contribution in [0.4, 0.5) is 0 Å². The van der Waals surface area contributed by atoms with Gasteiger partial charge in [-0.1, -0.05) is 18.2 Å². The van der Waals surface area contributed by atoms with Gasteiger partial charge in [-0.25, -0.2) is 0 Å². The van der Waals surface area contributed by atoms with E-state index in [9.17, 15) is 0 Å². The number of rotatable bonds is 3. The minimum absolute atomic E-state index is 0.261. The number of fused-ring (bicyclic) bond motifs is 1. The summed E-state index contributed by atoms with van der Waals surface area (Å²) < 4.78 is 0. The predicted octanol–water partition coefficient (Wildman–Crippen LogP) is 2.09. The molecule has 0 saturated carbocycles. The van der Waals surface area contributed by atoms with E-state index in [0.29, 0.717) is 0 Å². The molecule has 0 aliphatic rings. The van der Waals surface area contributed by atoms with Crippen LogP contribution < -0.4 is 0 Å². The summed E-state index contributed by atoms with van der Waals surface area (Å²) in [7, 11) is 0. The van der Waals surface area contributed by atoms with Gasteiger partial charge in [-0.2, -0.15) is 0 Å². The van der Waals surface area contributed by atoms with E-state index in [4.69, 9.17) is 5.11 Å². The zero-order valence-corrected chi connectivity index (χ0v) is 7.46. The van der Waals surface area contributed by atoms with Gasteiger partial charge in [0.15, 0.2) is 0 Å². The minimum Gasteiger partial charge on any atom is -0.396 e. The van der Waals surface area contributed by atoms with Crippen molar-refractivity contribution < 1.29 is 5.11 Å². The summed E-state index contributed by atoms with van der Waals surface area (Å²) in [5.41, 5.74) is 2.49. The largest absolute Gasteiger partial charge is 0.396 e. The molecule has 0 spiro atoms. The Morgan fingerprint density at radius 1 is 1.23 bits per heavy atom. The van der Waals surface area contributed by atoms with Gasteiger partial charge < -0.3 is 10.1 Å². The maximum atomic E-state index is 8.74. The van der Waals surface area contributed by atoms with Crippen LogP contribution in [0.15, 0.2) is 30.5 Å². The molecule has 0 saturated heterocycles. The molecule has 1 heterocycles. The third kappa shape index (κ3) is 1.58. The SMILES string of the molecule is OCCCc1cccc2cc[nH]c12. The number of benzene rings is 1. The summed E-state index contributed by atoms with van der Waals surface area (Å²) in [6.07, 6.45) is 3.72. The molecule has 0 aliphatic heterocycles. The Labute approximate surface area is 77.2 Å². The molecule has 2 rings (SSSR count). The Morgan fingerprint density at radius 3 is 3.00 bits per heavy atom. The van der Waals surface area contributed by atoms with Crippen LogP contribution >= 0.6 is 0 Å². The molecular formula is C11H13NO. The van der Waals surface area contributed by atoms with E-state index in [2.05, 4.69) is 29.2 Å². The predicted molar refractivity (Wildman–Crippen MR) is 53.7 cm³/mol. The van der Waals surface area contributed by atoms with Crippen LogP contribution in [0.3, 0.4) is 0 Å². The zero-order valence-electron chi connectivity index (χ0n) is 7.46. The zero-order chi connectivity index (χ0) is 9.10. The quantitative estimate of drug-likeness (QED) is 0.736. The third-order valence-corrected chi connectivity index (χ3v) is 2.28. The number of hydrogen-bond donors (Lipinski definition) is 2.